The number of carbonyl (C=O) groups excluding carboxylic acids is 1. The maximum absolute atomic E-state index is 12.3. The monoisotopic (exact) mass is 374 g/mol. The van der Waals surface area contributed by atoms with Gasteiger partial charge in [0.05, 0.1) is 18.0 Å². The molecule has 140 valence electrons. The summed E-state index contributed by atoms with van der Waals surface area (Å²) in [6.07, 6.45) is 2.14. The molecular weight excluding hydrogens is 348 g/mol. The van der Waals surface area contributed by atoms with Gasteiger partial charge in [0, 0.05) is 13.0 Å². The average molecular weight is 375 g/mol. The Kier molecular flexibility index (Phi) is 6.80. The molecular formula is C20H26N2O3S. The van der Waals surface area contributed by atoms with Crippen LogP contribution in [0.5, 0.6) is 0 Å². The van der Waals surface area contributed by atoms with Crippen LogP contribution in [0.4, 0.5) is 5.69 Å². The van der Waals surface area contributed by atoms with Crippen LogP contribution >= 0.6 is 0 Å². The van der Waals surface area contributed by atoms with Crippen LogP contribution in [0.15, 0.2) is 54.6 Å². The molecule has 0 saturated carbocycles. The highest BCUT2D eigenvalue weighted by atomic mass is 32.2. The zero-order valence-electron chi connectivity index (χ0n) is 15.5. The van der Waals surface area contributed by atoms with Crippen LogP contribution < -0.4 is 9.62 Å². The fourth-order valence-electron chi connectivity index (χ4n) is 2.73. The molecule has 0 aliphatic rings. The Morgan fingerprint density at radius 3 is 2.23 bits per heavy atom. The summed E-state index contributed by atoms with van der Waals surface area (Å²) in [7, 11) is -3.46. The molecule has 0 bridgehead atoms. The molecule has 1 amide bonds. The molecule has 2 aromatic rings. The highest BCUT2D eigenvalue weighted by Crippen LogP contribution is 2.19. The molecule has 0 aromatic heterocycles. The van der Waals surface area contributed by atoms with Crippen LogP contribution in [0.3, 0.4) is 0 Å². The fourth-order valence-corrected chi connectivity index (χ4v) is 3.65. The first-order valence-electron chi connectivity index (χ1n) is 8.72. The molecule has 2 rings (SSSR count). The summed E-state index contributed by atoms with van der Waals surface area (Å²) in [5.74, 6) is -0.180. The van der Waals surface area contributed by atoms with Gasteiger partial charge in [-0.3, -0.25) is 9.10 Å². The Hall–Kier alpha value is -2.34. The lowest BCUT2D eigenvalue weighted by molar-refractivity contribution is -0.121. The third-order valence-electron chi connectivity index (χ3n) is 4.25. The zero-order chi connectivity index (χ0) is 19.2. The van der Waals surface area contributed by atoms with Crippen molar-refractivity contribution in [3.8, 4) is 0 Å². The van der Waals surface area contributed by atoms with E-state index in [1.807, 2.05) is 56.3 Å². The molecule has 5 nitrogen and oxygen atoms in total. The van der Waals surface area contributed by atoms with E-state index in [-0.39, 0.29) is 24.9 Å². The number of hydrogen-bond donors (Lipinski definition) is 1. The standard InChI is InChI=1S/C20H26N2O3S/c1-4-17-10-12-19(13-11-17)22(26(3,24)25)15-14-20(23)21-16(2)18-8-6-5-7-9-18/h5-13,16H,4,14-15H2,1-3H3,(H,21,23). The van der Waals surface area contributed by atoms with Gasteiger partial charge >= 0.3 is 0 Å². The van der Waals surface area contributed by atoms with Crippen molar-refractivity contribution in [1.82, 2.24) is 5.32 Å². The molecule has 0 heterocycles. The maximum atomic E-state index is 12.3. The maximum Gasteiger partial charge on any atom is 0.232 e. The Morgan fingerprint density at radius 2 is 1.69 bits per heavy atom. The van der Waals surface area contributed by atoms with Gasteiger partial charge in [0.15, 0.2) is 0 Å². The molecule has 1 N–H and O–H groups in total. The summed E-state index contributed by atoms with van der Waals surface area (Å²) >= 11 is 0. The van der Waals surface area contributed by atoms with E-state index in [2.05, 4.69) is 5.32 Å². The van der Waals surface area contributed by atoms with E-state index in [1.54, 1.807) is 12.1 Å². The number of hydrogen-bond acceptors (Lipinski definition) is 3. The second-order valence-electron chi connectivity index (χ2n) is 6.31. The molecule has 2 aromatic carbocycles. The lowest BCUT2D eigenvalue weighted by atomic mass is 10.1. The van der Waals surface area contributed by atoms with Crippen LogP contribution in [-0.2, 0) is 21.2 Å². The van der Waals surface area contributed by atoms with Crippen molar-refractivity contribution in [2.45, 2.75) is 32.7 Å². The molecule has 0 radical (unpaired) electrons. The number of anilines is 1. The lowest BCUT2D eigenvalue weighted by Crippen LogP contribution is -2.35. The number of benzene rings is 2. The summed E-state index contributed by atoms with van der Waals surface area (Å²) in [5.41, 5.74) is 2.72. The predicted octanol–water partition coefficient (Wildman–Crippen LogP) is 3.28. The Balaban J connectivity index is 2.01. The first-order valence-corrected chi connectivity index (χ1v) is 10.6. The third-order valence-corrected chi connectivity index (χ3v) is 5.45. The topological polar surface area (TPSA) is 66.5 Å². The fraction of sp³-hybridized carbons (Fsp3) is 0.350. The molecule has 0 saturated heterocycles. The highest BCUT2D eigenvalue weighted by Gasteiger charge is 2.19. The number of nitrogens with zero attached hydrogens (tertiary/aromatic N) is 1. The smallest absolute Gasteiger partial charge is 0.232 e. The number of nitrogens with one attached hydrogen (secondary N) is 1. The molecule has 0 fully saturated rings. The summed E-state index contributed by atoms with van der Waals surface area (Å²) < 4.78 is 25.6. The first kappa shape index (κ1) is 20.0. The number of sulfonamides is 1. The van der Waals surface area contributed by atoms with Gasteiger partial charge in [0.1, 0.15) is 0 Å². The SMILES string of the molecule is CCc1ccc(N(CCC(=O)NC(C)c2ccccc2)S(C)(=O)=O)cc1. The van der Waals surface area contributed by atoms with E-state index in [0.29, 0.717) is 5.69 Å². The van der Waals surface area contributed by atoms with E-state index >= 15 is 0 Å². The molecule has 6 heteroatoms. The van der Waals surface area contributed by atoms with Crippen molar-refractivity contribution in [1.29, 1.82) is 0 Å². The van der Waals surface area contributed by atoms with Gasteiger partial charge in [-0.2, -0.15) is 0 Å². The van der Waals surface area contributed by atoms with Crippen molar-refractivity contribution in [3.05, 3.63) is 65.7 Å². The van der Waals surface area contributed by atoms with Crippen LogP contribution in [0.1, 0.15) is 37.4 Å². The summed E-state index contributed by atoms with van der Waals surface area (Å²) in [6, 6.07) is 16.9. The van der Waals surface area contributed by atoms with Gasteiger partial charge in [0.2, 0.25) is 15.9 Å². The molecule has 0 aliphatic heterocycles. The summed E-state index contributed by atoms with van der Waals surface area (Å²) in [5, 5.41) is 2.91. The first-order chi connectivity index (χ1) is 12.3. The van der Waals surface area contributed by atoms with Crippen LogP contribution in [-0.4, -0.2) is 27.1 Å². The van der Waals surface area contributed by atoms with Crippen LogP contribution in [0, 0.1) is 0 Å². The van der Waals surface area contributed by atoms with Crippen molar-refractivity contribution in [2.24, 2.45) is 0 Å². The number of carbonyl (C=O) groups is 1. The van der Waals surface area contributed by atoms with E-state index < -0.39 is 10.0 Å². The van der Waals surface area contributed by atoms with Gasteiger partial charge in [0.25, 0.3) is 0 Å². The molecule has 26 heavy (non-hydrogen) atoms. The quantitative estimate of drug-likeness (QED) is 0.771. The van der Waals surface area contributed by atoms with Crippen molar-refractivity contribution in [2.75, 3.05) is 17.1 Å². The Bertz CT molecular complexity index is 818. The number of rotatable bonds is 8. The van der Waals surface area contributed by atoms with Gasteiger partial charge in [-0.1, -0.05) is 49.4 Å². The number of amides is 1. The molecule has 1 unspecified atom stereocenters. The normalized spacial score (nSPS) is 12.4. The van der Waals surface area contributed by atoms with E-state index in [1.165, 1.54) is 4.31 Å². The third kappa shape index (κ3) is 5.59. The van der Waals surface area contributed by atoms with Gasteiger partial charge in [-0.15, -0.1) is 0 Å². The largest absolute Gasteiger partial charge is 0.350 e. The Labute approximate surface area is 156 Å². The number of aryl methyl sites for hydroxylation is 1. The van der Waals surface area contributed by atoms with E-state index in [0.717, 1.165) is 23.8 Å². The highest BCUT2D eigenvalue weighted by molar-refractivity contribution is 7.92. The second kappa shape index (κ2) is 8.85. The van der Waals surface area contributed by atoms with Crippen LogP contribution in [0.25, 0.3) is 0 Å². The minimum absolute atomic E-state index is 0.0970. The van der Waals surface area contributed by atoms with Gasteiger partial charge < -0.3 is 5.32 Å². The van der Waals surface area contributed by atoms with Crippen LogP contribution in [0.2, 0.25) is 0 Å². The lowest BCUT2D eigenvalue weighted by Gasteiger charge is -2.23. The zero-order valence-corrected chi connectivity index (χ0v) is 16.3. The summed E-state index contributed by atoms with van der Waals surface area (Å²) in [6.45, 7) is 4.06. The van der Waals surface area contributed by atoms with E-state index in [9.17, 15) is 13.2 Å². The van der Waals surface area contributed by atoms with Crippen molar-refractivity contribution < 1.29 is 13.2 Å². The van der Waals surface area contributed by atoms with Crippen molar-refractivity contribution in [3.63, 3.8) is 0 Å². The summed E-state index contributed by atoms with van der Waals surface area (Å²) in [4.78, 5) is 12.3. The van der Waals surface area contributed by atoms with Gasteiger partial charge in [-0.05, 0) is 36.6 Å². The minimum atomic E-state index is -3.46. The Morgan fingerprint density at radius 1 is 1.08 bits per heavy atom. The second-order valence-corrected chi connectivity index (χ2v) is 8.21. The molecule has 1 atom stereocenters. The minimum Gasteiger partial charge on any atom is -0.350 e. The molecule has 0 aliphatic carbocycles. The van der Waals surface area contributed by atoms with Crippen molar-refractivity contribution >= 4 is 21.6 Å². The van der Waals surface area contributed by atoms with E-state index in [4.69, 9.17) is 0 Å². The average Bonchev–Trinajstić information content (AvgIpc) is 2.62. The molecule has 0 spiro atoms. The predicted molar refractivity (Wildman–Crippen MR) is 106 cm³/mol. The van der Waals surface area contributed by atoms with Gasteiger partial charge in [-0.25, -0.2) is 8.42 Å².